The van der Waals surface area contributed by atoms with Gasteiger partial charge in [0.1, 0.15) is 6.61 Å². The van der Waals surface area contributed by atoms with Crippen molar-refractivity contribution < 1.29 is 128 Å². The van der Waals surface area contributed by atoms with Crippen LogP contribution >= 0.6 is 0 Å². The first-order chi connectivity index (χ1) is 39.3. The number of carboxylic acid groups (broad SMARTS) is 1. The monoisotopic (exact) mass is 1260 g/mol. The summed E-state index contributed by atoms with van der Waals surface area (Å²) in [6, 6.07) is 18.9. The Hall–Kier alpha value is -7.42. The molecule has 1 atom stereocenters. The van der Waals surface area contributed by atoms with E-state index in [1.54, 1.807) is 32.9 Å². The standard InChI is InChI=1S/C15H15F13O2.C11H18O2.C11H12O2.C9H8O2.C7H9F3O2.C5H8O2/c1-8(2)9(29)30-7-13(22,23)5-11(18,19)3-10(16,17)4-12(20,21)6-14(24,25)15(26,27)28;2*1-9(2)11(12)13-8-10-6-4-3-5-7-10;10-9(11)7-6-8-4-2-1-3-5-8;1-3-4-6(11)12-5(2)7(8,9)10;1-3-4-5(6)7-2/h1,3-7H2,2H3;10H,1,3-8H2,2H3;3-7H,1,8H2,2H3;1-7H,(H,10,11);3-5H,1-2H3;3-4H,1-2H3/b;;;7-6+;2*4-3+. The number of hydrogen-bond donors (Lipinski definition) is 1. The van der Waals surface area contributed by atoms with E-state index in [0.29, 0.717) is 30.3 Å². The summed E-state index contributed by atoms with van der Waals surface area (Å²) in [4.78, 5) is 63.7. The van der Waals surface area contributed by atoms with Crippen LogP contribution in [-0.4, -0.2) is 109 Å². The lowest BCUT2D eigenvalue weighted by molar-refractivity contribution is -0.304. The van der Waals surface area contributed by atoms with Crippen molar-refractivity contribution in [2.75, 3.05) is 20.3 Å². The van der Waals surface area contributed by atoms with E-state index in [0.717, 1.165) is 37.1 Å². The molecule has 3 rings (SSSR count). The lowest BCUT2D eigenvalue weighted by Gasteiger charge is -2.30. The van der Waals surface area contributed by atoms with Crippen LogP contribution in [0.2, 0.25) is 0 Å². The first-order valence-corrected chi connectivity index (χ1v) is 25.3. The van der Waals surface area contributed by atoms with Gasteiger partial charge in [0.05, 0.1) is 39.4 Å². The van der Waals surface area contributed by atoms with Crippen molar-refractivity contribution in [1.82, 2.24) is 0 Å². The molecule has 1 unspecified atom stereocenters. The Balaban J connectivity index is -0.00000103. The van der Waals surface area contributed by atoms with E-state index in [-0.39, 0.29) is 17.9 Å². The highest BCUT2D eigenvalue weighted by molar-refractivity contribution is 5.88. The minimum absolute atomic E-state index is 0.245. The van der Waals surface area contributed by atoms with E-state index in [2.05, 4.69) is 33.9 Å². The number of carbonyl (C=O) groups is 6. The fourth-order valence-corrected chi connectivity index (χ4v) is 5.96. The minimum Gasteiger partial charge on any atom is -0.478 e. The van der Waals surface area contributed by atoms with Gasteiger partial charge >= 0.3 is 54.1 Å². The van der Waals surface area contributed by atoms with Gasteiger partial charge in [0.25, 0.3) is 23.7 Å². The molecule has 1 aliphatic carbocycles. The molecule has 0 radical (unpaired) electrons. The molecule has 28 heteroatoms. The van der Waals surface area contributed by atoms with Crippen LogP contribution in [0.15, 0.2) is 127 Å². The predicted octanol–water partition coefficient (Wildman–Crippen LogP) is 16.0. The van der Waals surface area contributed by atoms with Gasteiger partial charge in [-0.25, -0.2) is 63.9 Å². The average molecular weight is 1260 g/mol. The molecule has 12 nitrogen and oxygen atoms in total. The number of hydrogen-bond acceptors (Lipinski definition) is 11. The highest BCUT2D eigenvalue weighted by Gasteiger charge is 2.63. The van der Waals surface area contributed by atoms with Gasteiger partial charge in [-0.15, -0.1) is 0 Å². The Bertz CT molecular complexity index is 2500. The molecular weight excluding hydrogens is 1190 g/mol. The van der Waals surface area contributed by atoms with Crippen molar-refractivity contribution in [2.24, 2.45) is 5.92 Å². The molecule has 0 heterocycles. The minimum atomic E-state index is -6.51. The molecule has 0 spiro atoms. The summed E-state index contributed by atoms with van der Waals surface area (Å²) >= 11 is 0. The molecule has 1 fully saturated rings. The smallest absolute Gasteiger partial charge is 0.453 e. The SMILES string of the molecule is C/C=C/C(=O)OC.C/C=C/C(=O)OC(C)C(F)(F)F.C=C(C)C(=O)OCC(F)(F)CC(F)(F)CC(F)(F)CC(F)(F)CC(F)(F)C(F)(F)F.C=C(C)C(=O)OCC1CCCCC1.C=C(C)C(=O)OCc1ccccc1.O=C(O)/C=C/c1ccccc1. The van der Waals surface area contributed by atoms with E-state index in [1.165, 1.54) is 58.3 Å². The van der Waals surface area contributed by atoms with E-state index in [9.17, 15) is 99.0 Å². The van der Waals surface area contributed by atoms with Gasteiger partial charge in [0, 0.05) is 34.9 Å². The Labute approximate surface area is 487 Å². The fraction of sp³-hybridized carbons (Fsp3) is 0.483. The second-order valence-corrected chi connectivity index (χ2v) is 18.6. The second kappa shape index (κ2) is 40.1. The van der Waals surface area contributed by atoms with Crippen LogP contribution in [0.4, 0.5) is 70.2 Å². The maximum absolute atomic E-state index is 13.5. The Morgan fingerprint density at radius 1 is 0.570 bits per heavy atom. The number of benzene rings is 2. The van der Waals surface area contributed by atoms with E-state index in [1.807, 2.05) is 60.7 Å². The lowest BCUT2D eigenvalue weighted by Crippen LogP contribution is -2.45. The van der Waals surface area contributed by atoms with Gasteiger partial charge in [-0.05, 0) is 77.5 Å². The number of carbonyl (C=O) groups excluding carboxylic acids is 5. The highest BCUT2D eigenvalue weighted by atomic mass is 19.4. The van der Waals surface area contributed by atoms with Crippen LogP contribution in [0.1, 0.15) is 110 Å². The molecule has 486 valence electrons. The molecule has 1 aliphatic rings. The molecular formula is C58H70F16O12. The van der Waals surface area contributed by atoms with Crippen LogP contribution in [0, 0.1) is 5.92 Å². The van der Waals surface area contributed by atoms with Crippen molar-refractivity contribution >= 4 is 41.9 Å². The molecule has 0 aromatic heterocycles. The molecule has 0 saturated heterocycles. The summed E-state index contributed by atoms with van der Waals surface area (Å²) in [6.07, 6.45) is -11.1. The maximum Gasteiger partial charge on any atom is 0.453 e. The number of carboxylic acids is 1. The Kier molecular flexibility index (Phi) is 38.6. The second-order valence-electron chi connectivity index (χ2n) is 18.6. The Morgan fingerprint density at radius 3 is 1.37 bits per heavy atom. The maximum atomic E-state index is 13.5. The average Bonchev–Trinajstić information content (AvgIpc) is 3.58. The topological polar surface area (TPSA) is 169 Å². The van der Waals surface area contributed by atoms with Gasteiger partial charge < -0.3 is 28.8 Å². The van der Waals surface area contributed by atoms with Crippen LogP contribution in [0.5, 0.6) is 0 Å². The molecule has 0 aliphatic heterocycles. The number of alkyl halides is 16. The highest BCUT2D eigenvalue weighted by Crippen LogP contribution is 2.48. The number of esters is 5. The largest absolute Gasteiger partial charge is 0.478 e. The number of ether oxygens (including phenoxy) is 5. The quantitative estimate of drug-likeness (QED) is 0.0513. The van der Waals surface area contributed by atoms with Crippen molar-refractivity contribution in [3.8, 4) is 0 Å². The third-order valence-corrected chi connectivity index (χ3v) is 10.1. The van der Waals surface area contributed by atoms with E-state index >= 15 is 0 Å². The number of aliphatic carboxylic acids is 1. The van der Waals surface area contributed by atoms with Crippen molar-refractivity contribution in [2.45, 2.75) is 154 Å². The molecule has 0 amide bonds. The summed E-state index contributed by atoms with van der Waals surface area (Å²) in [6.45, 7) is 17.3. The molecule has 2 aromatic rings. The molecule has 1 N–H and O–H groups in total. The first kappa shape index (κ1) is 82.8. The van der Waals surface area contributed by atoms with Crippen molar-refractivity contribution in [1.29, 1.82) is 0 Å². The third kappa shape index (κ3) is 43.2. The van der Waals surface area contributed by atoms with Crippen LogP contribution in [0.25, 0.3) is 6.08 Å². The van der Waals surface area contributed by atoms with E-state index in [4.69, 9.17) is 14.6 Å². The van der Waals surface area contributed by atoms with E-state index < -0.39 is 104 Å². The van der Waals surface area contributed by atoms with Crippen LogP contribution in [0.3, 0.4) is 0 Å². The van der Waals surface area contributed by atoms with Gasteiger partial charge in [-0.1, -0.05) is 112 Å². The summed E-state index contributed by atoms with van der Waals surface area (Å²) in [5.74, 6) is -30.2. The van der Waals surface area contributed by atoms with Gasteiger partial charge in [0.15, 0.2) is 12.7 Å². The first-order valence-electron chi connectivity index (χ1n) is 25.3. The summed E-state index contributed by atoms with van der Waals surface area (Å²) in [5, 5.41) is 8.29. The third-order valence-electron chi connectivity index (χ3n) is 10.1. The number of rotatable bonds is 22. The fourth-order valence-electron chi connectivity index (χ4n) is 5.96. The molecule has 0 bridgehead atoms. The predicted molar refractivity (Wildman–Crippen MR) is 285 cm³/mol. The van der Waals surface area contributed by atoms with Crippen LogP contribution in [-0.2, 0) is 59.1 Å². The van der Waals surface area contributed by atoms with Crippen LogP contribution < -0.4 is 0 Å². The van der Waals surface area contributed by atoms with Gasteiger partial charge in [0.2, 0.25) is 0 Å². The number of allylic oxidation sites excluding steroid dienone is 2. The Morgan fingerprint density at radius 2 is 0.977 bits per heavy atom. The normalized spacial score (nSPS) is 13.4. The zero-order valence-corrected chi connectivity index (χ0v) is 48.0. The molecule has 86 heavy (non-hydrogen) atoms. The molecule has 1 saturated carbocycles. The lowest BCUT2D eigenvalue weighted by atomic mass is 9.90. The summed E-state index contributed by atoms with van der Waals surface area (Å²) in [7, 11) is 1.35. The molecule has 2 aromatic carbocycles. The van der Waals surface area contributed by atoms with Crippen molar-refractivity contribution in [3.05, 3.63) is 139 Å². The zero-order chi connectivity index (χ0) is 67.3. The van der Waals surface area contributed by atoms with Gasteiger partial charge in [-0.2, -0.15) is 35.1 Å². The van der Waals surface area contributed by atoms with Gasteiger partial charge in [-0.3, -0.25) is 0 Å². The number of methoxy groups -OCH3 is 1. The zero-order valence-electron chi connectivity index (χ0n) is 48.0. The van der Waals surface area contributed by atoms with Crippen molar-refractivity contribution in [3.63, 3.8) is 0 Å². The number of halogens is 16. The summed E-state index contributed by atoms with van der Waals surface area (Å²) < 4.78 is 226. The summed E-state index contributed by atoms with van der Waals surface area (Å²) in [5.41, 5.74) is 2.40.